The topological polar surface area (TPSA) is 41.5 Å². The van der Waals surface area contributed by atoms with Crippen molar-refractivity contribution < 1.29 is 9.84 Å². The molecule has 0 spiro atoms. The summed E-state index contributed by atoms with van der Waals surface area (Å²) in [5.41, 5.74) is 0. The molecule has 0 aromatic heterocycles. The van der Waals surface area contributed by atoms with Gasteiger partial charge in [0, 0.05) is 11.0 Å². The van der Waals surface area contributed by atoms with Crippen LogP contribution in [-0.4, -0.2) is 31.4 Å². The molecule has 0 unspecified atom stereocenters. The highest BCUT2D eigenvalue weighted by Crippen LogP contribution is 2.17. The number of halogens is 1. The Balaban J connectivity index is 2.10. The maximum absolute atomic E-state index is 8.53. The normalized spacial score (nSPS) is 10.3. The van der Waals surface area contributed by atoms with Crippen LogP contribution in [0.4, 0.5) is 0 Å². The van der Waals surface area contributed by atoms with Crippen molar-refractivity contribution in [2.24, 2.45) is 0 Å². The summed E-state index contributed by atoms with van der Waals surface area (Å²) >= 11 is 3.39. The molecule has 0 saturated heterocycles. The Morgan fingerprint density at radius 2 is 2.20 bits per heavy atom. The molecular weight excluding hydrogens is 258 g/mol. The van der Waals surface area contributed by atoms with Gasteiger partial charge in [-0.2, -0.15) is 0 Å². The fraction of sp³-hybridized carbons (Fsp3) is 0.455. The molecule has 2 N–H and O–H groups in total. The van der Waals surface area contributed by atoms with Gasteiger partial charge < -0.3 is 15.2 Å². The number of nitrogens with one attached hydrogen (secondary N) is 1. The third-order valence-electron chi connectivity index (χ3n) is 1.85. The first-order chi connectivity index (χ1) is 7.33. The minimum absolute atomic E-state index is 0.187. The summed E-state index contributed by atoms with van der Waals surface area (Å²) in [6.45, 7) is 2.40. The third kappa shape index (κ3) is 5.77. The summed E-state index contributed by atoms with van der Waals surface area (Å²) in [6.07, 6.45) is 0.937. The van der Waals surface area contributed by atoms with Crippen molar-refractivity contribution in [2.45, 2.75) is 6.42 Å². The monoisotopic (exact) mass is 273 g/mol. The smallest absolute Gasteiger partial charge is 0.120 e. The maximum atomic E-state index is 8.53. The highest BCUT2D eigenvalue weighted by Gasteiger charge is 1.94. The molecule has 0 saturated carbocycles. The molecule has 0 bridgehead atoms. The van der Waals surface area contributed by atoms with Gasteiger partial charge >= 0.3 is 0 Å². The second kappa shape index (κ2) is 7.68. The fourth-order valence-electron chi connectivity index (χ4n) is 1.15. The molecule has 0 fully saturated rings. The van der Waals surface area contributed by atoms with Crippen molar-refractivity contribution in [1.82, 2.24) is 5.32 Å². The van der Waals surface area contributed by atoms with Gasteiger partial charge in [0.05, 0.1) is 13.2 Å². The standard InChI is InChI=1S/C11H16BrNO2/c12-10-3-1-4-11(9-10)15-8-2-5-13-6-7-14/h1,3-4,9,13-14H,2,5-8H2. The number of benzene rings is 1. The van der Waals surface area contributed by atoms with E-state index >= 15 is 0 Å². The second-order valence-corrected chi connectivity index (χ2v) is 4.05. The number of hydrogen-bond donors (Lipinski definition) is 2. The molecule has 1 rings (SSSR count). The van der Waals surface area contributed by atoms with Crippen molar-refractivity contribution in [2.75, 3.05) is 26.3 Å². The first kappa shape index (κ1) is 12.5. The van der Waals surface area contributed by atoms with E-state index in [0.29, 0.717) is 13.2 Å². The van der Waals surface area contributed by atoms with Crippen molar-refractivity contribution in [3.05, 3.63) is 28.7 Å². The van der Waals surface area contributed by atoms with Crippen LogP contribution in [-0.2, 0) is 0 Å². The number of ether oxygens (including phenoxy) is 1. The number of rotatable bonds is 7. The van der Waals surface area contributed by atoms with E-state index < -0.39 is 0 Å². The van der Waals surface area contributed by atoms with Crippen LogP contribution in [0.25, 0.3) is 0 Å². The van der Waals surface area contributed by atoms with Crippen LogP contribution in [0, 0.1) is 0 Å². The van der Waals surface area contributed by atoms with Gasteiger partial charge in [0.2, 0.25) is 0 Å². The van der Waals surface area contributed by atoms with Gasteiger partial charge in [0.15, 0.2) is 0 Å². The third-order valence-corrected chi connectivity index (χ3v) is 2.34. The van der Waals surface area contributed by atoms with Crippen molar-refractivity contribution in [3.63, 3.8) is 0 Å². The quantitative estimate of drug-likeness (QED) is 0.745. The van der Waals surface area contributed by atoms with Crippen LogP contribution in [0.2, 0.25) is 0 Å². The molecule has 0 aliphatic heterocycles. The van der Waals surface area contributed by atoms with Gasteiger partial charge in [0.25, 0.3) is 0 Å². The Morgan fingerprint density at radius 3 is 2.93 bits per heavy atom. The summed E-state index contributed by atoms with van der Waals surface area (Å²) in [5, 5.41) is 11.6. The summed E-state index contributed by atoms with van der Waals surface area (Å²) in [5.74, 6) is 0.881. The van der Waals surface area contributed by atoms with Crippen molar-refractivity contribution in [3.8, 4) is 5.75 Å². The van der Waals surface area contributed by atoms with E-state index in [-0.39, 0.29) is 6.61 Å². The van der Waals surface area contributed by atoms with Gasteiger partial charge in [-0.25, -0.2) is 0 Å². The molecule has 0 heterocycles. The van der Waals surface area contributed by atoms with E-state index in [2.05, 4.69) is 21.2 Å². The molecule has 0 amide bonds. The summed E-state index contributed by atoms with van der Waals surface area (Å²) in [4.78, 5) is 0. The predicted octanol–water partition coefficient (Wildman–Crippen LogP) is 1.80. The lowest BCUT2D eigenvalue weighted by atomic mass is 10.3. The van der Waals surface area contributed by atoms with E-state index in [9.17, 15) is 0 Å². The molecular formula is C11H16BrNO2. The van der Waals surface area contributed by atoms with Crippen LogP contribution in [0.5, 0.6) is 5.75 Å². The lowest BCUT2D eigenvalue weighted by Crippen LogP contribution is -2.20. The maximum Gasteiger partial charge on any atom is 0.120 e. The minimum Gasteiger partial charge on any atom is -0.494 e. The first-order valence-electron chi connectivity index (χ1n) is 5.03. The zero-order chi connectivity index (χ0) is 10.9. The zero-order valence-corrected chi connectivity index (χ0v) is 10.2. The molecule has 1 aromatic rings. The highest BCUT2D eigenvalue weighted by molar-refractivity contribution is 9.10. The van der Waals surface area contributed by atoms with Gasteiger partial charge in [0.1, 0.15) is 5.75 Å². The van der Waals surface area contributed by atoms with Crippen LogP contribution in [0.15, 0.2) is 28.7 Å². The molecule has 4 heteroatoms. The molecule has 0 atom stereocenters. The van der Waals surface area contributed by atoms with Gasteiger partial charge in [-0.15, -0.1) is 0 Å². The van der Waals surface area contributed by atoms with E-state index in [4.69, 9.17) is 9.84 Å². The van der Waals surface area contributed by atoms with E-state index in [1.54, 1.807) is 0 Å². The lowest BCUT2D eigenvalue weighted by molar-refractivity contribution is 0.282. The molecule has 3 nitrogen and oxygen atoms in total. The Hall–Kier alpha value is -0.580. The molecule has 1 aromatic carbocycles. The second-order valence-electron chi connectivity index (χ2n) is 3.13. The predicted molar refractivity (Wildman–Crippen MR) is 64.2 cm³/mol. The average molecular weight is 274 g/mol. The largest absolute Gasteiger partial charge is 0.494 e. The highest BCUT2D eigenvalue weighted by atomic mass is 79.9. The van der Waals surface area contributed by atoms with Crippen LogP contribution in [0.3, 0.4) is 0 Å². The van der Waals surface area contributed by atoms with Gasteiger partial charge in [-0.05, 0) is 31.2 Å². The van der Waals surface area contributed by atoms with Crippen LogP contribution in [0.1, 0.15) is 6.42 Å². The number of aliphatic hydroxyl groups is 1. The fourth-order valence-corrected chi connectivity index (χ4v) is 1.53. The zero-order valence-electron chi connectivity index (χ0n) is 8.58. The Morgan fingerprint density at radius 1 is 1.33 bits per heavy atom. The molecule has 15 heavy (non-hydrogen) atoms. The van der Waals surface area contributed by atoms with Crippen LogP contribution < -0.4 is 10.1 Å². The Kier molecular flexibility index (Phi) is 6.39. The summed E-state index contributed by atoms with van der Waals surface area (Å²) in [7, 11) is 0. The molecule has 0 radical (unpaired) electrons. The minimum atomic E-state index is 0.187. The van der Waals surface area contributed by atoms with E-state index in [1.807, 2.05) is 24.3 Å². The lowest BCUT2D eigenvalue weighted by Gasteiger charge is -2.06. The Bertz CT molecular complexity index is 281. The Labute approximate surface area is 98.6 Å². The molecule has 0 aliphatic rings. The van der Waals surface area contributed by atoms with Crippen LogP contribution >= 0.6 is 15.9 Å². The van der Waals surface area contributed by atoms with Crippen molar-refractivity contribution in [1.29, 1.82) is 0 Å². The van der Waals surface area contributed by atoms with E-state index in [1.165, 1.54) is 0 Å². The number of aliphatic hydroxyl groups excluding tert-OH is 1. The SMILES string of the molecule is OCCNCCCOc1cccc(Br)c1. The van der Waals surface area contributed by atoms with Crippen molar-refractivity contribution >= 4 is 15.9 Å². The average Bonchev–Trinajstić information content (AvgIpc) is 2.23. The van der Waals surface area contributed by atoms with Gasteiger partial charge in [-0.3, -0.25) is 0 Å². The summed E-state index contributed by atoms with van der Waals surface area (Å²) in [6, 6.07) is 7.80. The van der Waals surface area contributed by atoms with Gasteiger partial charge in [-0.1, -0.05) is 22.0 Å². The molecule has 84 valence electrons. The first-order valence-corrected chi connectivity index (χ1v) is 5.82. The van der Waals surface area contributed by atoms with E-state index in [0.717, 1.165) is 23.2 Å². The molecule has 0 aliphatic carbocycles. The summed E-state index contributed by atoms with van der Waals surface area (Å²) < 4.78 is 6.56. The number of hydrogen-bond acceptors (Lipinski definition) is 3.